The van der Waals surface area contributed by atoms with Crippen LogP contribution in [0.2, 0.25) is 0 Å². The zero-order valence-electron chi connectivity index (χ0n) is 15.7. The van der Waals surface area contributed by atoms with Crippen LogP contribution >= 0.6 is 0 Å². The molecule has 2 aliphatic heterocycles. The number of alkyl halides is 3. The Bertz CT molecular complexity index is 835. The van der Waals surface area contributed by atoms with Gasteiger partial charge in [-0.25, -0.2) is 0 Å². The van der Waals surface area contributed by atoms with Gasteiger partial charge in [0.1, 0.15) is 0 Å². The number of amides is 1. The van der Waals surface area contributed by atoms with Crippen LogP contribution < -0.4 is 0 Å². The third-order valence-corrected chi connectivity index (χ3v) is 6.02. The predicted octanol–water partition coefficient (Wildman–Crippen LogP) is 4.01. The first kappa shape index (κ1) is 19.0. The average molecular weight is 388 g/mol. The zero-order chi connectivity index (χ0) is 19.9. The second-order valence-electron chi connectivity index (χ2n) is 7.89. The molecule has 3 atom stereocenters. The Morgan fingerprint density at radius 1 is 1.00 bits per heavy atom. The van der Waals surface area contributed by atoms with E-state index in [1.807, 2.05) is 23.1 Å². The number of likely N-dealkylation sites (tertiary alicyclic amines) is 2. The number of halogens is 3. The van der Waals surface area contributed by atoms with Crippen molar-refractivity contribution in [1.29, 1.82) is 0 Å². The smallest absolute Gasteiger partial charge is 0.342 e. The van der Waals surface area contributed by atoms with Crippen molar-refractivity contribution in [1.82, 2.24) is 9.80 Å². The lowest BCUT2D eigenvalue weighted by Gasteiger charge is -2.27. The van der Waals surface area contributed by atoms with E-state index in [-0.39, 0.29) is 12.3 Å². The Balaban J connectivity index is 1.42. The molecule has 2 heterocycles. The molecule has 28 heavy (non-hydrogen) atoms. The maximum atomic E-state index is 12.7. The van der Waals surface area contributed by atoms with Gasteiger partial charge in [-0.3, -0.25) is 9.69 Å². The van der Waals surface area contributed by atoms with Crippen molar-refractivity contribution in [3.05, 3.63) is 71.3 Å². The van der Waals surface area contributed by atoms with Crippen molar-refractivity contribution >= 4 is 5.91 Å². The molecule has 6 heteroatoms. The van der Waals surface area contributed by atoms with Gasteiger partial charge >= 0.3 is 6.18 Å². The highest BCUT2D eigenvalue weighted by Crippen LogP contribution is 2.44. The SMILES string of the molecule is CN1C[C@H]2CN(C(=O)Cc3ccc(C(F)(F)F)cc3)C[C@H]2[C@@H]1c1ccccc1. The van der Waals surface area contributed by atoms with Gasteiger partial charge in [0.25, 0.3) is 0 Å². The summed E-state index contributed by atoms with van der Waals surface area (Å²) in [5, 5.41) is 0. The van der Waals surface area contributed by atoms with Crippen LogP contribution in [-0.4, -0.2) is 42.4 Å². The quantitative estimate of drug-likeness (QED) is 0.793. The first-order chi connectivity index (χ1) is 13.3. The van der Waals surface area contributed by atoms with Gasteiger partial charge in [0.15, 0.2) is 0 Å². The summed E-state index contributed by atoms with van der Waals surface area (Å²) in [5.41, 5.74) is 1.20. The van der Waals surface area contributed by atoms with E-state index in [2.05, 4.69) is 24.1 Å². The first-order valence-corrected chi connectivity index (χ1v) is 9.52. The van der Waals surface area contributed by atoms with Gasteiger partial charge < -0.3 is 4.90 Å². The van der Waals surface area contributed by atoms with Gasteiger partial charge in [-0.1, -0.05) is 42.5 Å². The monoisotopic (exact) mass is 388 g/mol. The second-order valence-corrected chi connectivity index (χ2v) is 7.89. The lowest BCUT2D eigenvalue weighted by Crippen LogP contribution is -2.34. The molecule has 3 nitrogen and oxygen atoms in total. The van der Waals surface area contributed by atoms with Crippen molar-refractivity contribution < 1.29 is 18.0 Å². The molecule has 0 aromatic heterocycles. The average Bonchev–Trinajstić information content (AvgIpc) is 3.18. The molecule has 0 bridgehead atoms. The van der Waals surface area contributed by atoms with Crippen LogP contribution in [0, 0.1) is 11.8 Å². The first-order valence-electron chi connectivity index (χ1n) is 9.52. The standard InChI is InChI=1S/C22H23F3N2O/c1-26-12-17-13-27(14-19(17)21(26)16-5-3-2-4-6-16)20(28)11-15-7-9-18(10-8-15)22(23,24)25/h2-10,17,19,21H,11-14H2,1H3/t17-,19+,21-/m0/s1. The third kappa shape index (κ3) is 3.65. The van der Waals surface area contributed by atoms with Crippen molar-refractivity contribution in [2.24, 2.45) is 11.8 Å². The van der Waals surface area contributed by atoms with E-state index in [4.69, 9.17) is 0 Å². The Morgan fingerprint density at radius 2 is 1.68 bits per heavy atom. The number of hydrogen-bond donors (Lipinski definition) is 0. The fourth-order valence-corrected chi connectivity index (χ4v) is 4.71. The second kappa shape index (κ2) is 7.24. The number of carbonyl (C=O) groups excluding carboxylic acids is 1. The molecular weight excluding hydrogens is 365 g/mol. The summed E-state index contributed by atoms with van der Waals surface area (Å²) in [7, 11) is 2.13. The summed E-state index contributed by atoms with van der Waals surface area (Å²) in [6.07, 6.45) is -4.21. The lowest BCUT2D eigenvalue weighted by atomic mass is 9.90. The Kier molecular flexibility index (Phi) is 4.91. The Hall–Kier alpha value is -2.34. The predicted molar refractivity (Wildman–Crippen MR) is 101 cm³/mol. The maximum Gasteiger partial charge on any atom is 0.416 e. The zero-order valence-corrected chi connectivity index (χ0v) is 15.7. The van der Waals surface area contributed by atoms with E-state index < -0.39 is 11.7 Å². The fraction of sp³-hybridized carbons (Fsp3) is 0.409. The van der Waals surface area contributed by atoms with Crippen LogP contribution in [0.1, 0.15) is 22.7 Å². The van der Waals surface area contributed by atoms with E-state index in [0.29, 0.717) is 30.0 Å². The number of rotatable bonds is 3. The summed E-state index contributed by atoms with van der Waals surface area (Å²) >= 11 is 0. The van der Waals surface area contributed by atoms with Crippen LogP contribution in [0.4, 0.5) is 13.2 Å². The van der Waals surface area contributed by atoms with Crippen LogP contribution in [0.15, 0.2) is 54.6 Å². The van der Waals surface area contributed by atoms with Crippen LogP contribution in [0.3, 0.4) is 0 Å². The molecule has 0 N–H and O–H groups in total. The normalized spacial score (nSPS) is 25.1. The fourth-order valence-electron chi connectivity index (χ4n) is 4.71. The molecule has 0 saturated carbocycles. The summed E-state index contributed by atoms with van der Waals surface area (Å²) in [6.45, 7) is 2.38. The van der Waals surface area contributed by atoms with Crippen LogP contribution in [0.25, 0.3) is 0 Å². The van der Waals surface area contributed by atoms with Crippen LogP contribution in [-0.2, 0) is 17.4 Å². The maximum absolute atomic E-state index is 12.7. The number of hydrogen-bond acceptors (Lipinski definition) is 2. The molecule has 4 rings (SSSR count). The highest BCUT2D eigenvalue weighted by Gasteiger charge is 2.47. The molecule has 0 unspecified atom stereocenters. The molecular formula is C22H23F3N2O. The number of benzene rings is 2. The van der Waals surface area contributed by atoms with E-state index in [1.165, 1.54) is 17.7 Å². The largest absolute Gasteiger partial charge is 0.416 e. The van der Waals surface area contributed by atoms with Crippen molar-refractivity contribution in [2.45, 2.75) is 18.6 Å². The van der Waals surface area contributed by atoms with E-state index in [1.54, 1.807) is 0 Å². The molecule has 2 fully saturated rings. The van der Waals surface area contributed by atoms with Gasteiger partial charge in [-0.2, -0.15) is 13.2 Å². The van der Waals surface area contributed by atoms with Gasteiger partial charge in [-0.15, -0.1) is 0 Å². The minimum absolute atomic E-state index is 0.0105. The van der Waals surface area contributed by atoms with Crippen LogP contribution in [0.5, 0.6) is 0 Å². The Morgan fingerprint density at radius 3 is 2.32 bits per heavy atom. The summed E-state index contributed by atoms with van der Waals surface area (Å²) in [5.74, 6) is 0.819. The van der Waals surface area contributed by atoms with Gasteiger partial charge in [-0.05, 0) is 36.2 Å². The number of fused-ring (bicyclic) bond motifs is 1. The third-order valence-electron chi connectivity index (χ3n) is 6.02. The molecule has 2 aromatic carbocycles. The minimum atomic E-state index is -4.35. The molecule has 0 spiro atoms. The number of nitrogens with zero attached hydrogens (tertiary/aromatic N) is 2. The molecule has 0 radical (unpaired) electrons. The van der Waals surface area contributed by atoms with Crippen molar-refractivity contribution in [2.75, 3.05) is 26.7 Å². The van der Waals surface area contributed by atoms with Gasteiger partial charge in [0.2, 0.25) is 5.91 Å². The summed E-state index contributed by atoms with van der Waals surface area (Å²) in [6, 6.07) is 15.5. The van der Waals surface area contributed by atoms with E-state index in [9.17, 15) is 18.0 Å². The lowest BCUT2D eigenvalue weighted by molar-refractivity contribution is -0.137. The van der Waals surface area contributed by atoms with E-state index >= 15 is 0 Å². The molecule has 2 aromatic rings. The van der Waals surface area contributed by atoms with Gasteiger partial charge in [0, 0.05) is 31.6 Å². The van der Waals surface area contributed by atoms with E-state index in [0.717, 1.165) is 25.2 Å². The number of carbonyl (C=O) groups is 1. The molecule has 1 amide bonds. The molecule has 2 saturated heterocycles. The van der Waals surface area contributed by atoms with Crippen molar-refractivity contribution in [3.8, 4) is 0 Å². The molecule has 148 valence electrons. The highest BCUT2D eigenvalue weighted by atomic mass is 19.4. The highest BCUT2D eigenvalue weighted by molar-refractivity contribution is 5.79. The molecule has 0 aliphatic carbocycles. The van der Waals surface area contributed by atoms with Gasteiger partial charge in [0.05, 0.1) is 12.0 Å². The molecule has 2 aliphatic rings. The Labute approximate surface area is 162 Å². The summed E-state index contributed by atoms with van der Waals surface area (Å²) < 4.78 is 38.1. The van der Waals surface area contributed by atoms with Crippen molar-refractivity contribution in [3.63, 3.8) is 0 Å². The topological polar surface area (TPSA) is 23.6 Å². The summed E-state index contributed by atoms with van der Waals surface area (Å²) in [4.78, 5) is 17.0. The minimum Gasteiger partial charge on any atom is -0.342 e.